The van der Waals surface area contributed by atoms with Crippen LogP contribution in [0.4, 0.5) is 11.4 Å². The molecule has 0 saturated carbocycles. The van der Waals surface area contributed by atoms with Crippen LogP contribution in [0.3, 0.4) is 0 Å². The maximum atomic E-state index is 13.0. The second kappa shape index (κ2) is 8.62. The van der Waals surface area contributed by atoms with E-state index in [4.69, 9.17) is 16.3 Å². The van der Waals surface area contributed by atoms with Crippen LogP contribution in [0.15, 0.2) is 42.5 Å². The summed E-state index contributed by atoms with van der Waals surface area (Å²) in [5.74, 6) is 0.0339. The third-order valence-corrected chi connectivity index (χ3v) is 6.49. The van der Waals surface area contributed by atoms with E-state index in [1.165, 1.54) is 24.8 Å². The fourth-order valence-electron chi connectivity index (χ4n) is 4.72. The summed E-state index contributed by atoms with van der Waals surface area (Å²) in [6.45, 7) is 0.913. The van der Waals surface area contributed by atoms with Crippen LogP contribution in [0.1, 0.15) is 31.2 Å². The van der Waals surface area contributed by atoms with E-state index >= 15 is 0 Å². The standard InChI is InChI=1S/C22H24ClN3O4/c1-30-21-12-20(26(28)29)18(23)11-19(21)24-22(27)15-9-16-7-8-17(10-15)25(16)13-14-5-3-2-4-6-14/h2-6,11-12,15-17H,7-10,13H2,1H3,(H,24,27). The van der Waals surface area contributed by atoms with E-state index in [1.807, 2.05) is 6.07 Å². The van der Waals surface area contributed by atoms with Gasteiger partial charge in [-0.3, -0.25) is 19.8 Å². The van der Waals surface area contributed by atoms with Crippen LogP contribution in [0, 0.1) is 16.0 Å². The summed E-state index contributed by atoms with van der Waals surface area (Å²) < 4.78 is 5.23. The fraction of sp³-hybridized carbons (Fsp3) is 0.409. The molecule has 4 rings (SSSR count). The molecule has 2 aliphatic heterocycles. The Morgan fingerprint density at radius 3 is 2.50 bits per heavy atom. The molecule has 2 heterocycles. The largest absolute Gasteiger partial charge is 0.494 e. The molecule has 0 aromatic heterocycles. The number of anilines is 1. The van der Waals surface area contributed by atoms with E-state index in [0.717, 1.165) is 32.2 Å². The van der Waals surface area contributed by atoms with Gasteiger partial charge in [0.2, 0.25) is 5.91 Å². The molecule has 2 atom stereocenters. The number of halogens is 1. The van der Waals surface area contributed by atoms with Crippen LogP contribution in [0.25, 0.3) is 0 Å². The SMILES string of the molecule is COc1cc([N+](=O)[O-])c(Cl)cc1NC(=O)C1CC2CCC(C1)N2Cc1ccccc1. The average Bonchev–Trinajstić information content (AvgIpc) is 2.95. The molecule has 2 bridgehead atoms. The molecule has 1 amide bonds. The lowest BCUT2D eigenvalue weighted by molar-refractivity contribution is -0.384. The molecule has 2 fully saturated rings. The highest BCUT2D eigenvalue weighted by Crippen LogP contribution is 2.41. The first-order valence-corrected chi connectivity index (χ1v) is 10.5. The highest BCUT2D eigenvalue weighted by molar-refractivity contribution is 6.33. The minimum absolute atomic E-state index is 0.0335. The molecule has 7 nitrogen and oxygen atoms in total. The van der Waals surface area contributed by atoms with Crippen molar-refractivity contribution in [3.05, 3.63) is 63.2 Å². The quantitative estimate of drug-likeness (QED) is 0.534. The molecule has 2 saturated heterocycles. The summed E-state index contributed by atoms with van der Waals surface area (Å²) in [7, 11) is 1.41. The Morgan fingerprint density at radius 2 is 1.90 bits per heavy atom. The number of benzene rings is 2. The summed E-state index contributed by atoms with van der Waals surface area (Å²) in [6, 6.07) is 13.8. The van der Waals surface area contributed by atoms with Gasteiger partial charge < -0.3 is 10.1 Å². The Hall–Kier alpha value is -2.64. The zero-order valence-corrected chi connectivity index (χ0v) is 17.5. The lowest BCUT2D eigenvalue weighted by Crippen LogP contribution is -2.45. The molecule has 0 spiro atoms. The van der Waals surface area contributed by atoms with Crippen molar-refractivity contribution in [3.8, 4) is 5.75 Å². The number of fused-ring (bicyclic) bond motifs is 2. The molecule has 30 heavy (non-hydrogen) atoms. The number of rotatable bonds is 6. The summed E-state index contributed by atoms with van der Waals surface area (Å²) in [6.07, 6.45) is 3.82. The molecule has 0 aliphatic carbocycles. The molecule has 0 radical (unpaired) electrons. The van der Waals surface area contributed by atoms with Gasteiger partial charge in [0, 0.05) is 24.5 Å². The van der Waals surface area contributed by atoms with Gasteiger partial charge >= 0.3 is 0 Å². The third-order valence-electron chi connectivity index (χ3n) is 6.19. The van der Waals surface area contributed by atoms with Crippen LogP contribution < -0.4 is 10.1 Å². The van der Waals surface area contributed by atoms with Gasteiger partial charge in [-0.15, -0.1) is 0 Å². The summed E-state index contributed by atoms with van der Waals surface area (Å²) in [5.41, 5.74) is 1.40. The fourth-order valence-corrected chi connectivity index (χ4v) is 4.96. The van der Waals surface area contributed by atoms with Crippen LogP contribution >= 0.6 is 11.6 Å². The van der Waals surface area contributed by atoms with Gasteiger partial charge in [-0.25, -0.2) is 0 Å². The van der Waals surface area contributed by atoms with Crippen molar-refractivity contribution < 1.29 is 14.5 Å². The Morgan fingerprint density at radius 1 is 1.23 bits per heavy atom. The van der Waals surface area contributed by atoms with Crippen LogP contribution in [-0.4, -0.2) is 34.9 Å². The molecule has 8 heteroatoms. The number of hydrogen-bond donors (Lipinski definition) is 1. The number of amides is 1. The van der Waals surface area contributed by atoms with Gasteiger partial charge in [-0.2, -0.15) is 0 Å². The Kier molecular flexibility index (Phi) is 5.92. The summed E-state index contributed by atoms with van der Waals surface area (Å²) in [5, 5.41) is 13.9. The van der Waals surface area contributed by atoms with Crippen molar-refractivity contribution in [1.29, 1.82) is 0 Å². The average molecular weight is 430 g/mol. The van der Waals surface area contributed by atoms with Gasteiger partial charge in [-0.05, 0) is 37.3 Å². The molecule has 2 unspecified atom stereocenters. The van der Waals surface area contributed by atoms with E-state index in [1.54, 1.807) is 0 Å². The number of piperidine rings is 1. The number of carbonyl (C=O) groups is 1. The highest BCUT2D eigenvalue weighted by atomic mass is 35.5. The number of nitrogens with one attached hydrogen (secondary N) is 1. The molecule has 2 aromatic carbocycles. The normalized spacial score (nSPS) is 23.2. The number of hydrogen-bond acceptors (Lipinski definition) is 5. The lowest BCUT2D eigenvalue weighted by Gasteiger charge is -2.38. The number of nitro groups is 1. The van der Waals surface area contributed by atoms with Crippen LogP contribution in [0.2, 0.25) is 5.02 Å². The first-order valence-electron chi connectivity index (χ1n) is 10.1. The minimum Gasteiger partial charge on any atom is -0.494 e. The highest BCUT2D eigenvalue weighted by Gasteiger charge is 2.42. The Balaban J connectivity index is 1.45. The number of nitro benzene ring substituents is 1. The van der Waals surface area contributed by atoms with E-state index in [9.17, 15) is 14.9 Å². The van der Waals surface area contributed by atoms with Crippen molar-refractivity contribution in [2.45, 2.75) is 44.3 Å². The van der Waals surface area contributed by atoms with E-state index < -0.39 is 4.92 Å². The molecule has 2 aromatic rings. The smallest absolute Gasteiger partial charge is 0.291 e. The monoisotopic (exact) mass is 429 g/mol. The van der Waals surface area contributed by atoms with E-state index in [-0.39, 0.29) is 28.3 Å². The molecular formula is C22H24ClN3O4. The minimum atomic E-state index is -0.573. The van der Waals surface area contributed by atoms with Crippen molar-refractivity contribution >= 4 is 28.9 Å². The van der Waals surface area contributed by atoms with Crippen molar-refractivity contribution in [1.82, 2.24) is 4.90 Å². The van der Waals surface area contributed by atoms with Crippen LogP contribution in [0.5, 0.6) is 5.75 Å². The van der Waals surface area contributed by atoms with Crippen molar-refractivity contribution in [3.63, 3.8) is 0 Å². The molecular weight excluding hydrogens is 406 g/mol. The maximum Gasteiger partial charge on any atom is 0.291 e. The molecule has 2 aliphatic rings. The zero-order valence-electron chi connectivity index (χ0n) is 16.7. The summed E-state index contributed by atoms with van der Waals surface area (Å²) in [4.78, 5) is 26.0. The van der Waals surface area contributed by atoms with E-state index in [2.05, 4.69) is 34.5 Å². The predicted octanol–water partition coefficient (Wildman–Crippen LogP) is 4.64. The van der Waals surface area contributed by atoms with Gasteiger partial charge in [0.15, 0.2) is 0 Å². The maximum absolute atomic E-state index is 13.0. The topological polar surface area (TPSA) is 84.7 Å². The molecule has 1 N–H and O–H groups in total. The number of carbonyl (C=O) groups excluding carboxylic acids is 1. The first kappa shape index (κ1) is 20.6. The van der Waals surface area contributed by atoms with Crippen molar-refractivity contribution in [2.75, 3.05) is 12.4 Å². The zero-order chi connectivity index (χ0) is 21.3. The van der Waals surface area contributed by atoms with Gasteiger partial charge in [0.05, 0.1) is 23.8 Å². The Labute approximate surface area is 180 Å². The molecule has 158 valence electrons. The summed E-state index contributed by atoms with van der Waals surface area (Å²) >= 11 is 6.02. The predicted molar refractivity (Wildman–Crippen MR) is 115 cm³/mol. The van der Waals surface area contributed by atoms with Gasteiger partial charge in [0.25, 0.3) is 5.69 Å². The number of methoxy groups -OCH3 is 1. The Bertz CT molecular complexity index is 939. The van der Waals surface area contributed by atoms with Crippen LogP contribution in [-0.2, 0) is 11.3 Å². The second-order valence-electron chi connectivity index (χ2n) is 7.96. The van der Waals surface area contributed by atoms with Gasteiger partial charge in [0.1, 0.15) is 10.8 Å². The second-order valence-corrected chi connectivity index (χ2v) is 8.37. The lowest BCUT2D eigenvalue weighted by atomic mass is 9.89. The van der Waals surface area contributed by atoms with Gasteiger partial charge in [-0.1, -0.05) is 41.9 Å². The third kappa shape index (κ3) is 4.13. The van der Waals surface area contributed by atoms with E-state index in [0.29, 0.717) is 17.8 Å². The number of ether oxygens (including phenoxy) is 1. The van der Waals surface area contributed by atoms with Crippen molar-refractivity contribution in [2.24, 2.45) is 5.92 Å². The first-order chi connectivity index (χ1) is 14.5. The number of nitrogens with zero attached hydrogens (tertiary/aromatic N) is 2.